The molecule has 3 heteroatoms. The fourth-order valence-electron chi connectivity index (χ4n) is 3.29. The number of thiol groups is 2. The van der Waals surface area contributed by atoms with Crippen LogP contribution < -0.4 is 0 Å². The molecule has 19 heavy (non-hydrogen) atoms. The summed E-state index contributed by atoms with van der Waals surface area (Å²) in [5, 5.41) is 0. The van der Waals surface area contributed by atoms with Crippen molar-refractivity contribution in [2.24, 2.45) is 22.7 Å². The Bertz CT molecular complexity index is 235. The van der Waals surface area contributed by atoms with Crippen LogP contribution in [0.25, 0.3) is 0 Å². The first-order valence-electron chi connectivity index (χ1n) is 7.53. The Morgan fingerprint density at radius 1 is 0.737 bits per heavy atom. The predicted molar refractivity (Wildman–Crippen MR) is 101 cm³/mol. The minimum absolute atomic E-state index is 0.415. The van der Waals surface area contributed by atoms with Gasteiger partial charge in [0.2, 0.25) is 0 Å². The standard InChI is InChI=1S/C16H36PS2/c1-13(9-15(3,4)5)11-17(18,19)12-14(2)10-16(6,7)8/h13-14,18-19H,9-12H2,1-8H3/q+1. The lowest BCUT2D eigenvalue weighted by Crippen LogP contribution is -2.17. The Kier molecular flexibility index (Phi) is 7.85. The van der Waals surface area contributed by atoms with Gasteiger partial charge in [0.1, 0.15) is 5.67 Å². The normalized spacial score (nSPS) is 17.4. The van der Waals surface area contributed by atoms with Crippen molar-refractivity contribution in [1.29, 1.82) is 0 Å². The summed E-state index contributed by atoms with van der Waals surface area (Å²) in [5.74, 6) is 1.45. The Hall–Kier alpha value is 1.13. The second kappa shape index (κ2) is 7.41. The van der Waals surface area contributed by atoms with Gasteiger partial charge in [-0.3, -0.25) is 0 Å². The van der Waals surface area contributed by atoms with Crippen LogP contribution in [0, 0.1) is 22.7 Å². The van der Waals surface area contributed by atoms with Crippen molar-refractivity contribution in [2.45, 2.75) is 68.2 Å². The SMILES string of the molecule is CC(CC(C)(C)C)C[P+](S)(S)CC(C)CC(C)(C)C. The molecule has 0 aliphatic heterocycles. The molecule has 0 aromatic rings. The molecule has 0 nitrogen and oxygen atoms in total. The van der Waals surface area contributed by atoms with Crippen LogP contribution >= 0.6 is 30.2 Å². The van der Waals surface area contributed by atoms with Crippen molar-refractivity contribution >= 4 is 30.2 Å². The lowest BCUT2D eigenvalue weighted by Gasteiger charge is -2.28. The highest BCUT2D eigenvalue weighted by molar-refractivity contribution is 8.85. The maximum atomic E-state index is 4.94. The van der Waals surface area contributed by atoms with Crippen molar-refractivity contribution in [3.8, 4) is 0 Å². The molecular weight excluding hydrogens is 287 g/mol. The van der Waals surface area contributed by atoms with Gasteiger partial charge in [-0.1, -0.05) is 55.4 Å². The van der Waals surface area contributed by atoms with Gasteiger partial charge in [-0.05, 0) is 35.5 Å². The van der Waals surface area contributed by atoms with Gasteiger partial charge in [0.05, 0.1) is 12.3 Å². The first-order chi connectivity index (χ1) is 8.20. The van der Waals surface area contributed by atoms with E-state index in [4.69, 9.17) is 24.5 Å². The summed E-state index contributed by atoms with van der Waals surface area (Å²) in [7, 11) is 0. The minimum Gasteiger partial charge on any atom is -0.0602 e. The van der Waals surface area contributed by atoms with Crippen molar-refractivity contribution < 1.29 is 0 Å². The van der Waals surface area contributed by atoms with Gasteiger partial charge in [0.25, 0.3) is 0 Å². The van der Waals surface area contributed by atoms with Gasteiger partial charge < -0.3 is 0 Å². The van der Waals surface area contributed by atoms with Crippen molar-refractivity contribution in [3.63, 3.8) is 0 Å². The lowest BCUT2D eigenvalue weighted by molar-refractivity contribution is 0.319. The molecule has 0 saturated heterocycles. The van der Waals surface area contributed by atoms with E-state index in [1.165, 1.54) is 25.2 Å². The van der Waals surface area contributed by atoms with Crippen LogP contribution in [-0.2, 0) is 0 Å². The predicted octanol–water partition coefficient (Wildman–Crippen LogP) is 6.84. The zero-order valence-corrected chi connectivity index (χ0v) is 17.0. The molecule has 0 saturated carbocycles. The van der Waals surface area contributed by atoms with Crippen LogP contribution in [0.5, 0.6) is 0 Å². The molecule has 0 spiro atoms. The van der Waals surface area contributed by atoms with Crippen LogP contribution in [-0.4, -0.2) is 12.3 Å². The molecule has 0 bridgehead atoms. The Morgan fingerprint density at radius 3 is 1.21 bits per heavy atom. The van der Waals surface area contributed by atoms with Crippen LogP contribution in [0.15, 0.2) is 0 Å². The second-order valence-electron chi connectivity index (χ2n) is 8.98. The molecule has 0 fully saturated rings. The molecule has 0 rings (SSSR count). The summed E-state index contributed by atoms with van der Waals surface area (Å²) in [4.78, 5) is 0. The molecule has 0 aromatic heterocycles. The van der Waals surface area contributed by atoms with Crippen LogP contribution in [0.3, 0.4) is 0 Å². The fourth-order valence-corrected chi connectivity index (χ4v) is 9.04. The summed E-state index contributed by atoms with van der Waals surface area (Å²) in [6.45, 7) is 18.7. The van der Waals surface area contributed by atoms with Crippen LogP contribution in [0.2, 0.25) is 0 Å². The number of rotatable bonds is 6. The largest absolute Gasteiger partial charge is 0.126 e. The molecule has 2 atom stereocenters. The highest BCUT2D eigenvalue weighted by Crippen LogP contribution is 2.70. The van der Waals surface area contributed by atoms with E-state index in [9.17, 15) is 0 Å². The third-order valence-electron chi connectivity index (χ3n) is 3.13. The van der Waals surface area contributed by atoms with Crippen LogP contribution in [0.4, 0.5) is 0 Å². The van der Waals surface area contributed by atoms with Crippen molar-refractivity contribution in [1.82, 2.24) is 0 Å². The van der Waals surface area contributed by atoms with Crippen molar-refractivity contribution in [3.05, 3.63) is 0 Å². The maximum absolute atomic E-state index is 4.94. The monoisotopic (exact) mass is 323 g/mol. The van der Waals surface area contributed by atoms with E-state index in [1.54, 1.807) is 0 Å². The first kappa shape index (κ1) is 20.1. The quantitative estimate of drug-likeness (QED) is 0.388. The number of hydrogen-bond donors (Lipinski definition) is 2. The molecular formula is C16H36PS2+. The average Bonchev–Trinajstić information content (AvgIpc) is 1.89. The van der Waals surface area contributed by atoms with E-state index in [2.05, 4.69) is 55.4 Å². The van der Waals surface area contributed by atoms with Gasteiger partial charge in [-0.15, -0.1) is 0 Å². The molecule has 0 aliphatic carbocycles. The molecule has 116 valence electrons. The van der Waals surface area contributed by atoms with Crippen molar-refractivity contribution in [2.75, 3.05) is 12.3 Å². The molecule has 2 unspecified atom stereocenters. The van der Waals surface area contributed by atoms with Crippen LogP contribution in [0.1, 0.15) is 68.2 Å². The maximum Gasteiger partial charge on any atom is 0.126 e. The third kappa shape index (κ3) is 12.6. The third-order valence-corrected chi connectivity index (χ3v) is 7.51. The van der Waals surface area contributed by atoms with Gasteiger partial charge in [0, 0.05) is 24.5 Å². The summed E-state index contributed by atoms with van der Waals surface area (Å²) in [5.41, 5.74) is -0.509. The summed E-state index contributed by atoms with van der Waals surface area (Å²) >= 11 is 9.88. The highest BCUT2D eigenvalue weighted by Gasteiger charge is 2.35. The molecule has 0 radical (unpaired) electrons. The fraction of sp³-hybridized carbons (Fsp3) is 1.00. The van der Waals surface area contributed by atoms with E-state index in [1.807, 2.05) is 0 Å². The van der Waals surface area contributed by atoms with Gasteiger partial charge >= 0.3 is 0 Å². The van der Waals surface area contributed by atoms with E-state index >= 15 is 0 Å². The van der Waals surface area contributed by atoms with E-state index in [0.29, 0.717) is 10.8 Å². The van der Waals surface area contributed by atoms with E-state index < -0.39 is 5.67 Å². The van der Waals surface area contributed by atoms with Gasteiger partial charge in [-0.2, -0.15) is 0 Å². The molecule has 0 aromatic carbocycles. The average molecular weight is 324 g/mol. The van der Waals surface area contributed by atoms with Gasteiger partial charge in [0.15, 0.2) is 0 Å². The Balaban J connectivity index is 4.31. The minimum atomic E-state index is -1.34. The summed E-state index contributed by atoms with van der Waals surface area (Å²) in [6, 6.07) is 0. The molecule has 0 N–H and O–H groups in total. The molecule has 0 heterocycles. The Morgan fingerprint density at radius 2 is 1.00 bits per heavy atom. The topological polar surface area (TPSA) is 0 Å². The first-order valence-corrected chi connectivity index (χ1v) is 12.0. The zero-order chi connectivity index (χ0) is 15.5. The molecule has 0 aliphatic rings. The van der Waals surface area contributed by atoms with E-state index in [-0.39, 0.29) is 0 Å². The lowest BCUT2D eigenvalue weighted by atomic mass is 9.86. The van der Waals surface area contributed by atoms with E-state index in [0.717, 1.165) is 11.8 Å². The smallest absolute Gasteiger partial charge is 0.0602 e. The highest BCUT2D eigenvalue weighted by atomic mass is 33.1. The number of hydrogen-bond acceptors (Lipinski definition) is 2. The van der Waals surface area contributed by atoms with Gasteiger partial charge in [-0.25, -0.2) is 0 Å². The summed E-state index contributed by atoms with van der Waals surface area (Å²) < 4.78 is 0. The Labute approximate surface area is 133 Å². The second-order valence-corrected chi connectivity index (χ2v) is 17.0. The zero-order valence-electron chi connectivity index (χ0n) is 14.3. The summed E-state index contributed by atoms with van der Waals surface area (Å²) in [6.07, 6.45) is 4.93. The molecule has 0 amide bonds.